The van der Waals surface area contributed by atoms with E-state index in [-0.39, 0.29) is 18.7 Å². The van der Waals surface area contributed by atoms with Crippen molar-refractivity contribution >= 4 is 11.6 Å². The Morgan fingerprint density at radius 2 is 1.73 bits per heavy atom. The van der Waals surface area contributed by atoms with Crippen molar-refractivity contribution in [2.45, 2.75) is 26.3 Å². The molecule has 0 saturated carbocycles. The number of anilines is 1. The molecule has 0 bridgehead atoms. The van der Waals surface area contributed by atoms with Crippen molar-refractivity contribution in [2.75, 3.05) is 44.4 Å². The summed E-state index contributed by atoms with van der Waals surface area (Å²) in [7, 11) is 0. The van der Waals surface area contributed by atoms with Crippen LogP contribution in [-0.4, -0.2) is 50.3 Å². The Balaban J connectivity index is 1.47. The fraction of sp³-hybridized carbons (Fsp3) is 0.458. The lowest BCUT2D eigenvalue weighted by Crippen LogP contribution is -2.50. The van der Waals surface area contributed by atoms with E-state index in [2.05, 4.69) is 71.4 Å². The lowest BCUT2D eigenvalue weighted by atomic mass is 10.0. The lowest BCUT2D eigenvalue weighted by Gasteiger charge is -2.40. The Hall–Kier alpha value is -2.73. The van der Waals surface area contributed by atoms with E-state index in [4.69, 9.17) is 9.47 Å². The molecule has 6 nitrogen and oxygen atoms in total. The minimum atomic E-state index is 0.105. The zero-order valence-electron chi connectivity index (χ0n) is 17.8. The first-order valence-corrected chi connectivity index (χ1v) is 10.8. The summed E-state index contributed by atoms with van der Waals surface area (Å²) in [6.07, 6.45) is 0.551. The molecule has 2 heterocycles. The molecule has 30 heavy (non-hydrogen) atoms. The van der Waals surface area contributed by atoms with E-state index in [1.807, 2.05) is 6.07 Å². The smallest absolute Gasteiger partial charge is 0.231 e. The monoisotopic (exact) mass is 409 g/mol. The van der Waals surface area contributed by atoms with Gasteiger partial charge in [0.05, 0.1) is 6.04 Å². The van der Waals surface area contributed by atoms with Crippen molar-refractivity contribution in [2.24, 2.45) is 5.92 Å². The van der Waals surface area contributed by atoms with E-state index < -0.39 is 0 Å². The third kappa shape index (κ3) is 4.87. The fourth-order valence-corrected chi connectivity index (χ4v) is 4.16. The highest BCUT2D eigenvalue weighted by molar-refractivity contribution is 5.76. The molecule has 1 N–H and O–H groups in total. The molecule has 1 saturated heterocycles. The van der Waals surface area contributed by atoms with Crippen LogP contribution >= 0.6 is 0 Å². The van der Waals surface area contributed by atoms with Crippen LogP contribution in [0.3, 0.4) is 0 Å². The third-order valence-electron chi connectivity index (χ3n) is 5.74. The molecule has 0 spiro atoms. The average molecular weight is 410 g/mol. The molecule has 4 rings (SSSR count). The Morgan fingerprint density at radius 3 is 2.47 bits per heavy atom. The van der Waals surface area contributed by atoms with E-state index in [1.165, 1.54) is 5.69 Å². The molecule has 2 aliphatic heterocycles. The number of carbonyl (C=O) groups excluding carboxylic acids is 1. The molecule has 0 unspecified atom stereocenters. The summed E-state index contributed by atoms with van der Waals surface area (Å²) < 4.78 is 11.1. The lowest BCUT2D eigenvalue weighted by molar-refractivity contribution is -0.122. The van der Waals surface area contributed by atoms with Gasteiger partial charge in [-0.05, 0) is 35.7 Å². The summed E-state index contributed by atoms with van der Waals surface area (Å²) in [4.78, 5) is 17.2. The van der Waals surface area contributed by atoms with Gasteiger partial charge in [0.2, 0.25) is 12.7 Å². The second-order valence-electron chi connectivity index (χ2n) is 8.39. The van der Waals surface area contributed by atoms with Crippen molar-refractivity contribution < 1.29 is 14.3 Å². The van der Waals surface area contributed by atoms with Crippen LogP contribution in [0.1, 0.15) is 31.9 Å². The number of para-hydroxylation sites is 1. The summed E-state index contributed by atoms with van der Waals surface area (Å²) in [5.74, 6) is 2.03. The maximum absolute atomic E-state index is 12.3. The van der Waals surface area contributed by atoms with Gasteiger partial charge >= 0.3 is 0 Å². The van der Waals surface area contributed by atoms with Crippen molar-refractivity contribution in [3.8, 4) is 11.5 Å². The maximum atomic E-state index is 12.3. The molecular weight excluding hydrogens is 378 g/mol. The molecule has 2 aromatic rings. The number of piperazine rings is 1. The average Bonchev–Trinajstić information content (AvgIpc) is 3.22. The highest BCUT2D eigenvalue weighted by atomic mass is 16.7. The van der Waals surface area contributed by atoms with Gasteiger partial charge in [-0.3, -0.25) is 9.69 Å². The van der Waals surface area contributed by atoms with E-state index in [0.717, 1.165) is 43.2 Å². The van der Waals surface area contributed by atoms with Gasteiger partial charge in [-0.1, -0.05) is 38.1 Å². The van der Waals surface area contributed by atoms with E-state index in [1.54, 1.807) is 0 Å². The number of rotatable bonds is 7. The van der Waals surface area contributed by atoms with Crippen LogP contribution in [0.25, 0.3) is 0 Å². The number of benzene rings is 2. The molecule has 160 valence electrons. The third-order valence-corrected chi connectivity index (χ3v) is 5.74. The van der Waals surface area contributed by atoms with Gasteiger partial charge in [0.1, 0.15) is 0 Å². The maximum Gasteiger partial charge on any atom is 0.231 e. The minimum Gasteiger partial charge on any atom is -0.454 e. The molecule has 0 radical (unpaired) electrons. The Morgan fingerprint density at radius 1 is 1.00 bits per heavy atom. The van der Waals surface area contributed by atoms with Crippen molar-refractivity contribution in [3.63, 3.8) is 0 Å². The standard InChI is InChI=1S/C24H31N3O3/c1-18(2)14-24(28)25-16-21(19-8-9-22-23(15-19)30-17-29-22)27-12-10-26(11-13-27)20-6-4-3-5-7-20/h3-9,15,18,21H,10-14,16-17H2,1-2H3,(H,25,28)/t21-/m0/s1. The number of hydrogen-bond acceptors (Lipinski definition) is 5. The largest absolute Gasteiger partial charge is 0.454 e. The van der Waals surface area contributed by atoms with Crippen LogP contribution in [0.15, 0.2) is 48.5 Å². The summed E-state index contributed by atoms with van der Waals surface area (Å²) >= 11 is 0. The molecule has 1 fully saturated rings. The summed E-state index contributed by atoms with van der Waals surface area (Å²) in [5, 5.41) is 3.15. The SMILES string of the molecule is CC(C)CC(=O)NC[C@@H](c1ccc2c(c1)OCO2)N1CCN(c2ccccc2)CC1. The number of amides is 1. The first kappa shape index (κ1) is 20.5. The second-order valence-corrected chi connectivity index (χ2v) is 8.39. The van der Waals surface area contributed by atoms with Gasteiger partial charge in [0, 0.05) is 44.8 Å². The van der Waals surface area contributed by atoms with Gasteiger partial charge in [-0.2, -0.15) is 0 Å². The molecule has 6 heteroatoms. The van der Waals surface area contributed by atoms with Gasteiger partial charge in [0.25, 0.3) is 0 Å². The molecular formula is C24H31N3O3. The van der Waals surface area contributed by atoms with Gasteiger partial charge in [-0.15, -0.1) is 0 Å². The molecule has 1 atom stereocenters. The number of hydrogen-bond donors (Lipinski definition) is 1. The first-order chi connectivity index (χ1) is 14.6. The van der Waals surface area contributed by atoms with Gasteiger partial charge in [-0.25, -0.2) is 0 Å². The van der Waals surface area contributed by atoms with Gasteiger partial charge in [0.15, 0.2) is 11.5 Å². The quantitative estimate of drug-likeness (QED) is 0.759. The number of fused-ring (bicyclic) bond motifs is 1. The Bertz CT molecular complexity index is 848. The van der Waals surface area contributed by atoms with Gasteiger partial charge < -0.3 is 19.7 Å². The highest BCUT2D eigenvalue weighted by Gasteiger charge is 2.27. The van der Waals surface area contributed by atoms with Crippen molar-refractivity contribution in [3.05, 3.63) is 54.1 Å². The number of carbonyl (C=O) groups is 1. The van der Waals surface area contributed by atoms with Crippen molar-refractivity contribution in [1.29, 1.82) is 0 Å². The Labute approximate surface area is 178 Å². The first-order valence-electron chi connectivity index (χ1n) is 10.8. The predicted octanol–water partition coefficient (Wildman–Crippen LogP) is 3.44. The number of nitrogens with one attached hydrogen (secondary N) is 1. The normalized spacial score (nSPS) is 17.2. The highest BCUT2D eigenvalue weighted by Crippen LogP contribution is 2.35. The van der Waals surface area contributed by atoms with Crippen LogP contribution in [-0.2, 0) is 4.79 Å². The van der Waals surface area contributed by atoms with Crippen LogP contribution < -0.4 is 19.7 Å². The van der Waals surface area contributed by atoms with E-state index in [9.17, 15) is 4.79 Å². The number of nitrogens with zero attached hydrogens (tertiary/aromatic N) is 2. The second kappa shape index (κ2) is 9.39. The fourth-order valence-electron chi connectivity index (χ4n) is 4.16. The number of ether oxygens (including phenoxy) is 2. The summed E-state index contributed by atoms with van der Waals surface area (Å²) in [6, 6.07) is 16.8. The molecule has 0 aliphatic carbocycles. The molecule has 2 aromatic carbocycles. The molecule has 0 aromatic heterocycles. The van der Waals surface area contributed by atoms with Crippen LogP contribution in [0.5, 0.6) is 11.5 Å². The molecule has 2 aliphatic rings. The van der Waals surface area contributed by atoms with Crippen LogP contribution in [0.2, 0.25) is 0 Å². The zero-order chi connectivity index (χ0) is 20.9. The Kier molecular flexibility index (Phi) is 6.43. The van der Waals surface area contributed by atoms with E-state index in [0.29, 0.717) is 18.9 Å². The minimum absolute atomic E-state index is 0.105. The van der Waals surface area contributed by atoms with Crippen LogP contribution in [0, 0.1) is 5.92 Å². The van der Waals surface area contributed by atoms with Crippen LogP contribution in [0.4, 0.5) is 5.69 Å². The summed E-state index contributed by atoms with van der Waals surface area (Å²) in [5.41, 5.74) is 2.42. The molecule has 1 amide bonds. The predicted molar refractivity (Wildman–Crippen MR) is 118 cm³/mol. The topological polar surface area (TPSA) is 54.0 Å². The van der Waals surface area contributed by atoms with E-state index >= 15 is 0 Å². The summed E-state index contributed by atoms with van der Waals surface area (Å²) in [6.45, 7) is 8.80. The van der Waals surface area contributed by atoms with Crippen molar-refractivity contribution in [1.82, 2.24) is 10.2 Å². The zero-order valence-corrected chi connectivity index (χ0v) is 17.8.